The highest BCUT2D eigenvalue weighted by molar-refractivity contribution is 5.62. The third-order valence-corrected chi connectivity index (χ3v) is 4.20. The molecule has 0 heterocycles. The Morgan fingerprint density at radius 2 is 1.33 bits per heavy atom. The Labute approximate surface area is 162 Å². The summed E-state index contributed by atoms with van der Waals surface area (Å²) in [4.78, 5) is 0. The van der Waals surface area contributed by atoms with Gasteiger partial charge in [0, 0.05) is 23.5 Å². The standard InChI is InChI=1S/C24H27NO2/c1-2-3-4-8-17-26-23-15-9-11-20(18-23)25-21-12-10-16-24(19-21)27-22-13-6-5-7-14-22/h5-7,9-16,18-19,25H,2-4,8,17H2,1H3. The average molecular weight is 361 g/mol. The molecule has 3 aromatic rings. The highest BCUT2D eigenvalue weighted by Gasteiger charge is 2.01. The molecule has 1 N–H and O–H groups in total. The fraction of sp³-hybridized carbons (Fsp3) is 0.250. The number of unbranched alkanes of at least 4 members (excludes halogenated alkanes) is 3. The first-order valence-electron chi connectivity index (χ1n) is 9.66. The van der Waals surface area contributed by atoms with Crippen LogP contribution in [0.5, 0.6) is 17.2 Å². The Morgan fingerprint density at radius 1 is 0.667 bits per heavy atom. The van der Waals surface area contributed by atoms with Crippen molar-refractivity contribution in [1.82, 2.24) is 0 Å². The molecule has 140 valence electrons. The van der Waals surface area contributed by atoms with E-state index >= 15 is 0 Å². The van der Waals surface area contributed by atoms with Gasteiger partial charge in [0.05, 0.1) is 6.61 Å². The van der Waals surface area contributed by atoms with Gasteiger partial charge in [-0.2, -0.15) is 0 Å². The van der Waals surface area contributed by atoms with E-state index < -0.39 is 0 Å². The lowest BCUT2D eigenvalue weighted by atomic mass is 10.2. The van der Waals surface area contributed by atoms with Gasteiger partial charge in [0.1, 0.15) is 17.2 Å². The zero-order valence-electron chi connectivity index (χ0n) is 15.9. The molecule has 27 heavy (non-hydrogen) atoms. The summed E-state index contributed by atoms with van der Waals surface area (Å²) < 4.78 is 11.8. The molecule has 0 bridgehead atoms. The Kier molecular flexibility index (Phi) is 7.16. The number of benzene rings is 3. The first-order chi connectivity index (χ1) is 13.3. The Bertz CT molecular complexity index is 817. The minimum Gasteiger partial charge on any atom is -0.494 e. The average Bonchev–Trinajstić information content (AvgIpc) is 2.69. The molecule has 0 saturated heterocycles. The molecule has 3 heteroatoms. The smallest absolute Gasteiger partial charge is 0.129 e. The summed E-state index contributed by atoms with van der Waals surface area (Å²) in [6.07, 6.45) is 4.84. The summed E-state index contributed by atoms with van der Waals surface area (Å²) in [6.45, 7) is 2.99. The van der Waals surface area contributed by atoms with E-state index in [4.69, 9.17) is 9.47 Å². The summed E-state index contributed by atoms with van der Waals surface area (Å²) in [7, 11) is 0. The fourth-order valence-electron chi connectivity index (χ4n) is 2.81. The van der Waals surface area contributed by atoms with Crippen LogP contribution in [0.3, 0.4) is 0 Å². The van der Waals surface area contributed by atoms with E-state index in [1.54, 1.807) is 0 Å². The second-order valence-electron chi connectivity index (χ2n) is 6.50. The maximum Gasteiger partial charge on any atom is 0.129 e. The Hall–Kier alpha value is -2.94. The lowest BCUT2D eigenvalue weighted by Crippen LogP contribution is -1.98. The number of hydrogen-bond donors (Lipinski definition) is 1. The number of hydrogen-bond acceptors (Lipinski definition) is 3. The quantitative estimate of drug-likeness (QED) is 0.388. The van der Waals surface area contributed by atoms with Crippen molar-refractivity contribution in [2.75, 3.05) is 11.9 Å². The number of nitrogens with one attached hydrogen (secondary N) is 1. The molecule has 0 radical (unpaired) electrons. The third-order valence-electron chi connectivity index (χ3n) is 4.20. The van der Waals surface area contributed by atoms with Crippen LogP contribution in [-0.2, 0) is 0 Å². The molecular weight excluding hydrogens is 334 g/mol. The van der Waals surface area contributed by atoms with Crippen LogP contribution in [0.4, 0.5) is 11.4 Å². The van der Waals surface area contributed by atoms with Crippen LogP contribution >= 0.6 is 0 Å². The van der Waals surface area contributed by atoms with Gasteiger partial charge in [-0.3, -0.25) is 0 Å². The van der Waals surface area contributed by atoms with Crippen LogP contribution < -0.4 is 14.8 Å². The SMILES string of the molecule is CCCCCCOc1cccc(Nc2cccc(Oc3ccccc3)c2)c1. The monoisotopic (exact) mass is 361 g/mol. The van der Waals surface area contributed by atoms with E-state index in [1.807, 2.05) is 78.9 Å². The molecule has 0 fully saturated rings. The Balaban J connectivity index is 1.58. The van der Waals surface area contributed by atoms with E-state index in [0.717, 1.165) is 41.7 Å². The highest BCUT2D eigenvalue weighted by atomic mass is 16.5. The molecule has 0 aliphatic carbocycles. The summed E-state index contributed by atoms with van der Waals surface area (Å²) in [5, 5.41) is 3.42. The predicted molar refractivity (Wildman–Crippen MR) is 112 cm³/mol. The van der Waals surface area contributed by atoms with Gasteiger partial charge in [-0.15, -0.1) is 0 Å². The molecule has 3 nitrogen and oxygen atoms in total. The van der Waals surface area contributed by atoms with Crippen LogP contribution in [0.25, 0.3) is 0 Å². The molecule has 0 aliphatic rings. The molecule has 0 aliphatic heterocycles. The lowest BCUT2D eigenvalue weighted by molar-refractivity contribution is 0.305. The maximum atomic E-state index is 5.90. The van der Waals surface area contributed by atoms with Gasteiger partial charge in [-0.25, -0.2) is 0 Å². The van der Waals surface area contributed by atoms with Crippen LogP contribution in [0.15, 0.2) is 78.9 Å². The molecule has 0 spiro atoms. The second kappa shape index (κ2) is 10.3. The van der Waals surface area contributed by atoms with Gasteiger partial charge < -0.3 is 14.8 Å². The van der Waals surface area contributed by atoms with Crippen LogP contribution in [0.1, 0.15) is 32.6 Å². The maximum absolute atomic E-state index is 5.90. The number of para-hydroxylation sites is 1. The summed E-state index contributed by atoms with van der Waals surface area (Å²) in [5.74, 6) is 2.52. The summed E-state index contributed by atoms with van der Waals surface area (Å²) in [5.41, 5.74) is 1.97. The van der Waals surface area contributed by atoms with Crippen molar-refractivity contribution < 1.29 is 9.47 Å². The minimum atomic E-state index is 0.768. The van der Waals surface area contributed by atoms with Gasteiger partial charge in [0.25, 0.3) is 0 Å². The zero-order chi connectivity index (χ0) is 18.7. The molecule has 0 atom stereocenters. The van der Waals surface area contributed by atoms with E-state index in [-0.39, 0.29) is 0 Å². The minimum absolute atomic E-state index is 0.768. The van der Waals surface area contributed by atoms with Crippen molar-refractivity contribution in [2.45, 2.75) is 32.6 Å². The lowest BCUT2D eigenvalue weighted by Gasteiger charge is -2.11. The van der Waals surface area contributed by atoms with Crippen molar-refractivity contribution in [2.24, 2.45) is 0 Å². The topological polar surface area (TPSA) is 30.5 Å². The van der Waals surface area contributed by atoms with E-state index in [9.17, 15) is 0 Å². The second-order valence-corrected chi connectivity index (χ2v) is 6.50. The van der Waals surface area contributed by atoms with Crippen molar-refractivity contribution in [3.05, 3.63) is 78.9 Å². The van der Waals surface area contributed by atoms with Gasteiger partial charge in [0.15, 0.2) is 0 Å². The largest absolute Gasteiger partial charge is 0.494 e. The zero-order valence-corrected chi connectivity index (χ0v) is 15.9. The highest BCUT2D eigenvalue weighted by Crippen LogP contribution is 2.27. The van der Waals surface area contributed by atoms with E-state index in [1.165, 1.54) is 19.3 Å². The molecular formula is C24H27NO2. The van der Waals surface area contributed by atoms with Gasteiger partial charge in [-0.05, 0) is 42.8 Å². The predicted octanol–water partition coefficient (Wildman–Crippen LogP) is 7.18. The van der Waals surface area contributed by atoms with E-state index in [2.05, 4.69) is 12.2 Å². The van der Waals surface area contributed by atoms with Crippen LogP contribution in [-0.4, -0.2) is 6.61 Å². The van der Waals surface area contributed by atoms with Crippen molar-refractivity contribution in [3.63, 3.8) is 0 Å². The third kappa shape index (κ3) is 6.37. The van der Waals surface area contributed by atoms with Gasteiger partial charge in [0.2, 0.25) is 0 Å². The number of anilines is 2. The molecule has 0 unspecified atom stereocenters. The number of ether oxygens (including phenoxy) is 2. The van der Waals surface area contributed by atoms with Crippen LogP contribution in [0.2, 0.25) is 0 Å². The molecule has 0 aromatic heterocycles. The number of rotatable bonds is 10. The molecule has 0 saturated carbocycles. The van der Waals surface area contributed by atoms with Crippen molar-refractivity contribution in [3.8, 4) is 17.2 Å². The molecule has 3 aromatic carbocycles. The van der Waals surface area contributed by atoms with E-state index in [0.29, 0.717) is 0 Å². The first-order valence-corrected chi connectivity index (χ1v) is 9.66. The van der Waals surface area contributed by atoms with Crippen LogP contribution in [0, 0.1) is 0 Å². The summed E-state index contributed by atoms with van der Waals surface area (Å²) >= 11 is 0. The first kappa shape index (κ1) is 18.8. The van der Waals surface area contributed by atoms with Gasteiger partial charge >= 0.3 is 0 Å². The van der Waals surface area contributed by atoms with Gasteiger partial charge in [-0.1, -0.05) is 56.5 Å². The molecule has 0 amide bonds. The Morgan fingerprint density at radius 3 is 2.07 bits per heavy atom. The summed E-state index contributed by atoms with van der Waals surface area (Å²) in [6, 6.07) is 25.8. The fourth-order valence-corrected chi connectivity index (χ4v) is 2.81. The normalized spacial score (nSPS) is 10.4. The van der Waals surface area contributed by atoms with Crippen molar-refractivity contribution >= 4 is 11.4 Å². The van der Waals surface area contributed by atoms with Crippen molar-refractivity contribution in [1.29, 1.82) is 0 Å². The molecule has 3 rings (SSSR count).